The van der Waals surface area contributed by atoms with E-state index in [2.05, 4.69) is 14.8 Å². The van der Waals surface area contributed by atoms with Gasteiger partial charge >= 0.3 is 0 Å². The van der Waals surface area contributed by atoms with Crippen molar-refractivity contribution in [1.29, 1.82) is 0 Å². The molecule has 30 heavy (non-hydrogen) atoms. The largest absolute Gasteiger partial charge is 0.495 e. The Balaban J connectivity index is 1.51. The molecule has 4 rings (SSSR count). The number of benzene rings is 2. The maximum absolute atomic E-state index is 13.5. The highest BCUT2D eigenvalue weighted by molar-refractivity contribution is 7.89. The topological polar surface area (TPSA) is 85.6 Å². The highest BCUT2D eigenvalue weighted by Gasteiger charge is 2.20. The third-order valence-corrected chi connectivity index (χ3v) is 6.86. The number of aryl methyl sites for hydroxylation is 1. The van der Waals surface area contributed by atoms with Crippen molar-refractivity contribution >= 4 is 26.3 Å². The van der Waals surface area contributed by atoms with Crippen molar-refractivity contribution in [2.45, 2.75) is 18.2 Å². The van der Waals surface area contributed by atoms with Gasteiger partial charge in [-0.1, -0.05) is 18.2 Å². The van der Waals surface area contributed by atoms with Gasteiger partial charge in [0.15, 0.2) is 5.82 Å². The third kappa shape index (κ3) is 4.07. The first-order chi connectivity index (χ1) is 14.4. The molecule has 0 radical (unpaired) electrons. The molecule has 4 aromatic rings. The molecule has 7 nitrogen and oxygen atoms in total. The molecule has 0 fully saturated rings. The molecule has 10 heteroatoms. The average Bonchev–Trinajstić information content (AvgIpc) is 3.30. The van der Waals surface area contributed by atoms with Crippen molar-refractivity contribution < 1.29 is 17.5 Å². The second-order valence-corrected chi connectivity index (χ2v) is 9.24. The van der Waals surface area contributed by atoms with Gasteiger partial charge in [-0.2, -0.15) is 4.98 Å². The molecule has 0 atom stereocenters. The maximum Gasteiger partial charge on any atom is 0.244 e. The van der Waals surface area contributed by atoms with Crippen LogP contribution in [0.2, 0.25) is 0 Å². The van der Waals surface area contributed by atoms with E-state index in [9.17, 15) is 12.8 Å². The number of hydrogen-bond donors (Lipinski definition) is 1. The summed E-state index contributed by atoms with van der Waals surface area (Å²) in [7, 11) is -2.30. The molecule has 0 saturated carbocycles. The predicted molar refractivity (Wildman–Crippen MR) is 113 cm³/mol. The zero-order valence-electron chi connectivity index (χ0n) is 16.3. The van der Waals surface area contributed by atoms with Crippen LogP contribution in [0.3, 0.4) is 0 Å². The lowest BCUT2D eigenvalue weighted by molar-refractivity contribution is 0.402. The van der Waals surface area contributed by atoms with Crippen LogP contribution in [0.25, 0.3) is 16.3 Å². The molecule has 0 bridgehead atoms. The molecule has 0 aliphatic carbocycles. The average molecular weight is 447 g/mol. The minimum atomic E-state index is -3.73. The van der Waals surface area contributed by atoms with E-state index < -0.39 is 10.0 Å². The van der Waals surface area contributed by atoms with Crippen LogP contribution in [0.15, 0.2) is 52.7 Å². The van der Waals surface area contributed by atoms with Crippen molar-refractivity contribution in [2.75, 3.05) is 13.7 Å². The van der Waals surface area contributed by atoms with Gasteiger partial charge in [-0.15, -0.1) is 16.4 Å². The van der Waals surface area contributed by atoms with Crippen LogP contribution in [-0.4, -0.2) is 36.7 Å². The lowest BCUT2D eigenvalue weighted by Crippen LogP contribution is -2.26. The van der Waals surface area contributed by atoms with E-state index >= 15 is 0 Å². The Labute approximate surface area is 177 Å². The normalized spacial score (nSPS) is 11.8. The predicted octanol–water partition coefficient (Wildman–Crippen LogP) is 3.43. The van der Waals surface area contributed by atoms with Gasteiger partial charge in [0.2, 0.25) is 15.0 Å². The first kappa shape index (κ1) is 20.5. The number of sulfonamides is 1. The van der Waals surface area contributed by atoms with Crippen molar-refractivity contribution in [3.63, 3.8) is 0 Å². The highest BCUT2D eigenvalue weighted by atomic mass is 32.2. The summed E-state index contributed by atoms with van der Waals surface area (Å²) in [6, 6.07) is 11.1. The minimum Gasteiger partial charge on any atom is -0.495 e. The van der Waals surface area contributed by atoms with E-state index in [4.69, 9.17) is 4.74 Å². The SMILES string of the molecule is COc1ccc(C)cc1S(=O)(=O)NCCc1csc2nc(-c3cccc(F)c3)nn12. The first-order valence-corrected chi connectivity index (χ1v) is 11.5. The summed E-state index contributed by atoms with van der Waals surface area (Å²) in [6.07, 6.45) is 0.416. The number of methoxy groups -OCH3 is 1. The number of ether oxygens (including phenoxy) is 1. The molecule has 1 N–H and O–H groups in total. The number of nitrogens with zero attached hydrogens (tertiary/aromatic N) is 3. The van der Waals surface area contributed by atoms with Crippen LogP contribution >= 0.6 is 11.3 Å². The van der Waals surface area contributed by atoms with Crippen LogP contribution in [0.4, 0.5) is 4.39 Å². The van der Waals surface area contributed by atoms with Crippen LogP contribution in [0.1, 0.15) is 11.3 Å². The van der Waals surface area contributed by atoms with E-state index in [1.807, 2.05) is 12.3 Å². The maximum atomic E-state index is 13.5. The number of thiazole rings is 1. The molecule has 0 unspecified atom stereocenters. The fraction of sp³-hybridized carbons (Fsp3) is 0.200. The van der Waals surface area contributed by atoms with Gasteiger partial charge in [0.1, 0.15) is 16.5 Å². The van der Waals surface area contributed by atoms with Gasteiger partial charge < -0.3 is 4.74 Å². The number of fused-ring (bicyclic) bond motifs is 1. The fourth-order valence-electron chi connectivity index (χ4n) is 3.03. The number of rotatable bonds is 7. The standard InChI is InChI=1S/C20H19FN4O3S2/c1-13-6-7-17(28-2)18(10-13)30(26,27)22-9-8-16-12-29-20-23-19(24-25(16)20)14-4-3-5-15(21)11-14/h3-7,10-12,22H,8-9H2,1-2H3. The number of hydrogen-bond acceptors (Lipinski definition) is 6. The summed E-state index contributed by atoms with van der Waals surface area (Å²) in [6.45, 7) is 2.00. The first-order valence-electron chi connectivity index (χ1n) is 9.11. The number of aromatic nitrogens is 3. The van der Waals surface area contributed by atoms with Crippen LogP contribution in [-0.2, 0) is 16.4 Å². The summed E-state index contributed by atoms with van der Waals surface area (Å²) >= 11 is 1.39. The molecule has 156 valence electrons. The van der Waals surface area contributed by atoms with Crippen LogP contribution in [0.5, 0.6) is 5.75 Å². The summed E-state index contributed by atoms with van der Waals surface area (Å²) < 4.78 is 48.4. The van der Waals surface area contributed by atoms with Gasteiger partial charge in [0, 0.05) is 23.9 Å². The van der Waals surface area contributed by atoms with Crippen molar-refractivity contribution in [1.82, 2.24) is 19.3 Å². The molecule has 0 aliphatic rings. The van der Waals surface area contributed by atoms with Crippen molar-refractivity contribution in [2.24, 2.45) is 0 Å². The molecule has 2 aromatic carbocycles. The van der Waals surface area contributed by atoms with E-state index in [-0.39, 0.29) is 17.3 Å². The lowest BCUT2D eigenvalue weighted by atomic mass is 10.2. The highest BCUT2D eigenvalue weighted by Crippen LogP contribution is 2.25. The lowest BCUT2D eigenvalue weighted by Gasteiger charge is -2.11. The monoisotopic (exact) mass is 446 g/mol. The van der Waals surface area contributed by atoms with E-state index in [0.717, 1.165) is 11.3 Å². The Morgan fingerprint density at radius 1 is 1.23 bits per heavy atom. The Kier molecular flexibility index (Phi) is 5.54. The summed E-state index contributed by atoms with van der Waals surface area (Å²) in [5, 5.41) is 6.33. The molecule has 2 heterocycles. The number of nitrogens with one attached hydrogen (secondary N) is 1. The Bertz CT molecular complexity index is 1310. The molecular formula is C20H19FN4O3S2. The molecular weight excluding hydrogens is 427 g/mol. The van der Waals surface area contributed by atoms with E-state index in [0.29, 0.717) is 28.5 Å². The molecule has 2 aromatic heterocycles. The quantitative estimate of drug-likeness (QED) is 0.470. The third-order valence-electron chi connectivity index (χ3n) is 4.51. The van der Waals surface area contributed by atoms with Gasteiger partial charge in [0.25, 0.3) is 0 Å². The second kappa shape index (κ2) is 8.13. The second-order valence-electron chi connectivity index (χ2n) is 6.67. The van der Waals surface area contributed by atoms with Crippen LogP contribution in [0, 0.1) is 12.7 Å². The van der Waals surface area contributed by atoms with Gasteiger partial charge in [0.05, 0.1) is 12.8 Å². The van der Waals surface area contributed by atoms with Gasteiger partial charge in [-0.25, -0.2) is 22.0 Å². The molecule has 0 amide bonds. The van der Waals surface area contributed by atoms with Crippen molar-refractivity contribution in [3.8, 4) is 17.1 Å². The Hall–Kier alpha value is -2.82. The summed E-state index contributed by atoms with van der Waals surface area (Å²) in [4.78, 5) is 5.20. The number of halogens is 1. The Morgan fingerprint density at radius 2 is 2.07 bits per heavy atom. The zero-order chi connectivity index (χ0) is 21.3. The smallest absolute Gasteiger partial charge is 0.244 e. The minimum absolute atomic E-state index is 0.106. The van der Waals surface area contributed by atoms with Gasteiger partial charge in [-0.05, 0) is 36.8 Å². The molecule has 0 spiro atoms. The summed E-state index contributed by atoms with van der Waals surface area (Å²) in [5.74, 6) is 0.363. The van der Waals surface area contributed by atoms with Gasteiger partial charge in [-0.3, -0.25) is 0 Å². The molecule has 0 aliphatic heterocycles. The zero-order valence-corrected chi connectivity index (χ0v) is 17.9. The molecule has 0 saturated heterocycles. The van der Waals surface area contributed by atoms with E-state index in [1.165, 1.54) is 30.6 Å². The van der Waals surface area contributed by atoms with Crippen LogP contribution < -0.4 is 9.46 Å². The Morgan fingerprint density at radius 3 is 2.83 bits per heavy atom. The summed E-state index contributed by atoms with van der Waals surface area (Å²) in [5.41, 5.74) is 2.22. The van der Waals surface area contributed by atoms with Crippen molar-refractivity contribution in [3.05, 3.63) is 64.9 Å². The fourth-order valence-corrected chi connectivity index (χ4v) is 5.17. The van der Waals surface area contributed by atoms with E-state index in [1.54, 1.807) is 34.8 Å².